The number of halogens is 1. The van der Waals surface area contributed by atoms with Gasteiger partial charge in [0.25, 0.3) is 5.56 Å². The van der Waals surface area contributed by atoms with Crippen molar-refractivity contribution in [2.45, 2.75) is 33.2 Å². The highest BCUT2D eigenvalue weighted by atomic mass is 32.1. The zero-order chi connectivity index (χ0) is 18.1. The molecule has 0 saturated heterocycles. The first kappa shape index (κ1) is 17.6. The van der Waals surface area contributed by atoms with E-state index in [2.05, 4.69) is 4.98 Å². The number of aryl methyl sites for hydroxylation is 1. The molecule has 25 heavy (non-hydrogen) atoms. The van der Waals surface area contributed by atoms with Gasteiger partial charge in [-0.05, 0) is 24.6 Å². The first-order valence-electron chi connectivity index (χ1n) is 8.22. The van der Waals surface area contributed by atoms with E-state index in [4.69, 9.17) is 4.74 Å². The quantitative estimate of drug-likeness (QED) is 0.671. The van der Waals surface area contributed by atoms with Crippen molar-refractivity contribution in [2.24, 2.45) is 0 Å². The molecule has 0 aliphatic carbocycles. The molecule has 2 aromatic heterocycles. The van der Waals surface area contributed by atoms with Crippen molar-refractivity contribution in [1.29, 1.82) is 0 Å². The lowest BCUT2D eigenvalue weighted by Crippen LogP contribution is -2.26. The van der Waals surface area contributed by atoms with Crippen molar-refractivity contribution in [1.82, 2.24) is 9.55 Å². The third-order valence-corrected chi connectivity index (χ3v) is 5.20. The monoisotopic (exact) mass is 360 g/mol. The second kappa shape index (κ2) is 6.96. The van der Waals surface area contributed by atoms with Crippen LogP contribution in [0.1, 0.15) is 30.5 Å². The molecule has 0 N–H and O–H groups in total. The van der Waals surface area contributed by atoms with Crippen LogP contribution in [0.2, 0.25) is 0 Å². The molecule has 0 atom stereocenters. The second-order valence-electron chi connectivity index (χ2n) is 6.22. The molecule has 3 aromatic rings. The standard InChI is InChI=1S/C19H21FN2O2S/c1-11(2)17-21-18-16(19(23)22(17)9-8-20)15(12(3)25-18)13-6-5-7-14(10-13)24-4/h5-7,10-11H,8-9H2,1-4H3. The zero-order valence-electron chi connectivity index (χ0n) is 14.8. The maximum absolute atomic E-state index is 13.1. The van der Waals surface area contributed by atoms with E-state index in [1.807, 2.05) is 45.0 Å². The summed E-state index contributed by atoms with van der Waals surface area (Å²) in [5.74, 6) is 1.41. The van der Waals surface area contributed by atoms with Gasteiger partial charge in [-0.2, -0.15) is 0 Å². The summed E-state index contributed by atoms with van der Waals surface area (Å²) in [6.45, 7) is 5.35. The topological polar surface area (TPSA) is 44.1 Å². The van der Waals surface area contributed by atoms with Gasteiger partial charge in [-0.25, -0.2) is 9.37 Å². The van der Waals surface area contributed by atoms with Crippen molar-refractivity contribution in [3.63, 3.8) is 0 Å². The average molecular weight is 360 g/mol. The van der Waals surface area contributed by atoms with Gasteiger partial charge in [0, 0.05) is 16.4 Å². The molecular formula is C19H21FN2O2S. The van der Waals surface area contributed by atoms with Gasteiger partial charge in [0.05, 0.1) is 19.0 Å². The number of aromatic nitrogens is 2. The van der Waals surface area contributed by atoms with E-state index in [1.54, 1.807) is 7.11 Å². The Morgan fingerprint density at radius 1 is 1.36 bits per heavy atom. The van der Waals surface area contributed by atoms with Crippen LogP contribution in [0, 0.1) is 6.92 Å². The lowest BCUT2D eigenvalue weighted by atomic mass is 10.0. The van der Waals surface area contributed by atoms with E-state index in [9.17, 15) is 9.18 Å². The molecule has 0 aliphatic heterocycles. The number of fused-ring (bicyclic) bond motifs is 1. The lowest BCUT2D eigenvalue weighted by molar-refractivity contribution is 0.415. The van der Waals surface area contributed by atoms with Crippen LogP contribution in [-0.4, -0.2) is 23.3 Å². The highest BCUT2D eigenvalue weighted by molar-refractivity contribution is 7.19. The molecule has 3 rings (SSSR count). The van der Waals surface area contributed by atoms with Gasteiger partial charge in [-0.1, -0.05) is 26.0 Å². The van der Waals surface area contributed by atoms with Crippen LogP contribution in [0.15, 0.2) is 29.1 Å². The summed E-state index contributed by atoms with van der Waals surface area (Å²) < 4.78 is 19.8. The van der Waals surface area contributed by atoms with E-state index in [0.29, 0.717) is 16.0 Å². The fourth-order valence-corrected chi connectivity index (χ4v) is 4.12. The predicted octanol–water partition coefficient (Wildman–Crippen LogP) is 4.53. The first-order valence-corrected chi connectivity index (χ1v) is 9.03. The molecule has 0 bridgehead atoms. The van der Waals surface area contributed by atoms with E-state index in [-0.39, 0.29) is 18.0 Å². The number of nitrogens with zero attached hydrogens (tertiary/aromatic N) is 2. The summed E-state index contributed by atoms with van der Waals surface area (Å²) in [6, 6.07) is 7.62. The maximum atomic E-state index is 13.1. The van der Waals surface area contributed by atoms with E-state index in [0.717, 1.165) is 21.8 Å². The van der Waals surface area contributed by atoms with Crippen LogP contribution >= 0.6 is 11.3 Å². The third kappa shape index (κ3) is 3.06. The van der Waals surface area contributed by atoms with Crippen molar-refractivity contribution >= 4 is 21.6 Å². The zero-order valence-corrected chi connectivity index (χ0v) is 15.6. The van der Waals surface area contributed by atoms with Gasteiger partial charge in [-0.3, -0.25) is 9.36 Å². The van der Waals surface area contributed by atoms with Crippen molar-refractivity contribution in [2.75, 3.05) is 13.8 Å². The molecule has 2 heterocycles. The molecule has 1 aromatic carbocycles. The number of rotatable bonds is 5. The van der Waals surface area contributed by atoms with Gasteiger partial charge in [0.1, 0.15) is 23.1 Å². The SMILES string of the molecule is COc1cccc(-c2c(C)sc3nc(C(C)C)n(CCF)c(=O)c23)c1. The molecule has 0 unspecified atom stereocenters. The Bertz CT molecular complexity index is 975. The Morgan fingerprint density at radius 3 is 2.76 bits per heavy atom. The number of alkyl halides is 1. The summed E-state index contributed by atoms with van der Waals surface area (Å²) in [5, 5.41) is 0.564. The molecule has 0 radical (unpaired) electrons. The van der Waals surface area contributed by atoms with Crippen molar-refractivity contribution < 1.29 is 9.13 Å². The van der Waals surface area contributed by atoms with Crippen LogP contribution in [-0.2, 0) is 6.54 Å². The van der Waals surface area contributed by atoms with Crippen molar-refractivity contribution in [3.8, 4) is 16.9 Å². The minimum absolute atomic E-state index is 0.0295. The lowest BCUT2D eigenvalue weighted by Gasteiger charge is -2.14. The Hall–Kier alpha value is -2.21. The van der Waals surface area contributed by atoms with Gasteiger partial charge < -0.3 is 4.74 Å². The molecule has 0 saturated carbocycles. The molecule has 0 aliphatic rings. The molecule has 0 fully saturated rings. The fraction of sp³-hybridized carbons (Fsp3) is 0.368. The molecule has 4 nitrogen and oxygen atoms in total. The number of hydrogen-bond acceptors (Lipinski definition) is 4. The maximum Gasteiger partial charge on any atom is 0.263 e. The Labute approximate surface area is 149 Å². The minimum Gasteiger partial charge on any atom is -0.497 e. The Morgan fingerprint density at radius 2 is 2.12 bits per heavy atom. The molecular weight excluding hydrogens is 339 g/mol. The number of thiophene rings is 1. The van der Waals surface area contributed by atoms with Crippen LogP contribution in [0.25, 0.3) is 21.3 Å². The molecule has 132 valence electrons. The first-order chi connectivity index (χ1) is 12.0. The van der Waals surface area contributed by atoms with Gasteiger partial charge in [0.2, 0.25) is 0 Å². The molecule has 6 heteroatoms. The predicted molar refractivity (Wildman–Crippen MR) is 101 cm³/mol. The number of ether oxygens (including phenoxy) is 1. The van der Waals surface area contributed by atoms with Crippen LogP contribution in [0.4, 0.5) is 4.39 Å². The average Bonchev–Trinajstić information content (AvgIpc) is 2.93. The highest BCUT2D eigenvalue weighted by Gasteiger charge is 2.21. The van der Waals surface area contributed by atoms with Crippen molar-refractivity contribution in [3.05, 3.63) is 45.3 Å². The number of methoxy groups -OCH3 is 1. The highest BCUT2D eigenvalue weighted by Crippen LogP contribution is 2.37. The van der Waals surface area contributed by atoms with Gasteiger partial charge in [0.15, 0.2) is 0 Å². The minimum atomic E-state index is -0.593. The van der Waals surface area contributed by atoms with E-state index in [1.165, 1.54) is 15.9 Å². The summed E-state index contributed by atoms with van der Waals surface area (Å²) in [7, 11) is 1.61. The summed E-state index contributed by atoms with van der Waals surface area (Å²) in [5.41, 5.74) is 1.60. The molecule has 0 amide bonds. The smallest absolute Gasteiger partial charge is 0.263 e. The Kier molecular flexibility index (Phi) is 4.90. The summed E-state index contributed by atoms with van der Waals surface area (Å²) >= 11 is 1.50. The van der Waals surface area contributed by atoms with E-state index < -0.39 is 6.67 Å². The molecule has 0 spiro atoms. The normalized spacial score (nSPS) is 11.4. The fourth-order valence-electron chi connectivity index (χ4n) is 3.08. The summed E-state index contributed by atoms with van der Waals surface area (Å²) in [6.07, 6.45) is 0. The van der Waals surface area contributed by atoms with Gasteiger partial charge >= 0.3 is 0 Å². The van der Waals surface area contributed by atoms with Crippen LogP contribution < -0.4 is 10.3 Å². The third-order valence-electron chi connectivity index (χ3n) is 4.20. The van der Waals surface area contributed by atoms with Gasteiger partial charge in [-0.15, -0.1) is 11.3 Å². The largest absolute Gasteiger partial charge is 0.497 e. The Balaban J connectivity index is 2.36. The number of hydrogen-bond donors (Lipinski definition) is 0. The summed E-state index contributed by atoms with van der Waals surface area (Å²) in [4.78, 5) is 19.5. The van der Waals surface area contributed by atoms with Crippen LogP contribution in [0.3, 0.4) is 0 Å². The second-order valence-corrected chi connectivity index (χ2v) is 7.42. The van der Waals surface area contributed by atoms with E-state index >= 15 is 0 Å². The number of benzene rings is 1. The van der Waals surface area contributed by atoms with Crippen LogP contribution in [0.5, 0.6) is 5.75 Å².